The van der Waals surface area contributed by atoms with Crippen LogP contribution in [0.25, 0.3) is 0 Å². The summed E-state index contributed by atoms with van der Waals surface area (Å²) in [6.07, 6.45) is -0.0141. The third-order valence-corrected chi connectivity index (χ3v) is 5.27. The fourth-order valence-electron chi connectivity index (χ4n) is 2.31. The third kappa shape index (κ3) is 6.45. The number of benzene rings is 2. The number of amides is 2. The lowest BCUT2D eigenvalue weighted by atomic mass is 10.2. The van der Waals surface area contributed by atoms with E-state index in [-0.39, 0.29) is 17.8 Å². The molecule has 28 heavy (non-hydrogen) atoms. The molecule has 0 saturated carbocycles. The highest BCUT2D eigenvalue weighted by molar-refractivity contribution is 9.10. The molecule has 0 fully saturated rings. The molecule has 0 atom stereocenters. The average Bonchev–Trinajstić information content (AvgIpc) is 2.65. The second-order valence-corrected chi connectivity index (χ2v) is 8.17. The van der Waals surface area contributed by atoms with Crippen molar-refractivity contribution in [3.63, 3.8) is 0 Å². The normalized spacial score (nSPS) is 10.5. The molecular formula is C20H23BrN2O4S. The molecule has 0 saturated heterocycles. The highest BCUT2D eigenvalue weighted by Gasteiger charge is 2.13. The molecule has 0 aliphatic heterocycles. The number of nitrogens with one attached hydrogen (secondary N) is 2. The number of carbonyl (C=O) groups is 2. The minimum atomic E-state index is -0.437. The van der Waals surface area contributed by atoms with Gasteiger partial charge < -0.3 is 9.47 Å². The number of methoxy groups -OCH3 is 1. The van der Waals surface area contributed by atoms with Gasteiger partial charge in [0.05, 0.1) is 19.0 Å². The van der Waals surface area contributed by atoms with Crippen molar-refractivity contribution in [2.45, 2.75) is 31.8 Å². The highest BCUT2D eigenvalue weighted by Crippen LogP contribution is 2.29. The largest absolute Gasteiger partial charge is 0.493 e. The zero-order valence-electron chi connectivity index (χ0n) is 16.2. The van der Waals surface area contributed by atoms with Crippen molar-refractivity contribution >= 4 is 39.5 Å². The summed E-state index contributed by atoms with van der Waals surface area (Å²) in [4.78, 5) is 25.3. The molecule has 2 aromatic carbocycles. The molecule has 0 heterocycles. The van der Waals surface area contributed by atoms with Crippen molar-refractivity contribution < 1.29 is 19.1 Å². The Bertz CT molecular complexity index is 858. The van der Waals surface area contributed by atoms with E-state index in [4.69, 9.17) is 9.47 Å². The van der Waals surface area contributed by atoms with Crippen LogP contribution >= 0.6 is 27.7 Å². The fourth-order valence-corrected chi connectivity index (χ4v) is 3.60. The van der Waals surface area contributed by atoms with Gasteiger partial charge in [0.25, 0.3) is 5.91 Å². The summed E-state index contributed by atoms with van der Waals surface area (Å²) in [6, 6.07) is 10.7. The summed E-state index contributed by atoms with van der Waals surface area (Å²) in [6.45, 7) is 5.79. The second kappa shape index (κ2) is 10.4. The van der Waals surface area contributed by atoms with E-state index in [1.165, 1.54) is 18.9 Å². The Morgan fingerprint density at radius 1 is 1.11 bits per heavy atom. The molecule has 0 unspecified atom stereocenters. The van der Waals surface area contributed by atoms with Gasteiger partial charge in [0.2, 0.25) is 5.91 Å². The van der Waals surface area contributed by atoms with Gasteiger partial charge in [-0.15, -0.1) is 11.8 Å². The van der Waals surface area contributed by atoms with E-state index in [0.29, 0.717) is 17.1 Å². The van der Waals surface area contributed by atoms with Crippen LogP contribution in [0.5, 0.6) is 11.5 Å². The molecule has 0 spiro atoms. The predicted octanol–water partition coefficient (Wildman–Crippen LogP) is 4.11. The third-order valence-electron chi connectivity index (χ3n) is 3.60. The molecule has 2 aromatic rings. The quantitative estimate of drug-likeness (QED) is 0.474. The lowest BCUT2D eigenvalue weighted by Crippen LogP contribution is -2.42. The van der Waals surface area contributed by atoms with E-state index in [1.54, 1.807) is 18.2 Å². The van der Waals surface area contributed by atoms with Gasteiger partial charge in [-0.05, 0) is 62.7 Å². The average molecular weight is 467 g/mol. The summed E-state index contributed by atoms with van der Waals surface area (Å²) >= 11 is 4.82. The first-order valence-corrected chi connectivity index (χ1v) is 10.4. The smallest absolute Gasteiger partial charge is 0.269 e. The molecule has 2 N–H and O–H groups in total. The van der Waals surface area contributed by atoms with Crippen molar-refractivity contribution in [2.75, 3.05) is 12.9 Å². The molecule has 0 aliphatic rings. The van der Waals surface area contributed by atoms with E-state index in [0.717, 1.165) is 14.9 Å². The lowest BCUT2D eigenvalue weighted by Gasteiger charge is -2.14. The molecule has 0 aromatic heterocycles. The van der Waals surface area contributed by atoms with Crippen LogP contribution in [0.3, 0.4) is 0 Å². The Morgan fingerprint density at radius 2 is 1.86 bits per heavy atom. The minimum Gasteiger partial charge on any atom is -0.493 e. The maximum atomic E-state index is 12.3. The van der Waals surface area contributed by atoms with Crippen LogP contribution in [0.4, 0.5) is 0 Å². The topological polar surface area (TPSA) is 76.7 Å². The summed E-state index contributed by atoms with van der Waals surface area (Å²) in [7, 11) is 1.51. The lowest BCUT2D eigenvalue weighted by molar-refractivity contribution is -0.119. The van der Waals surface area contributed by atoms with E-state index < -0.39 is 5.91 Å². The first-order chi connectivity index (χ1) is 13.3. The molecule has 6 nitrogen and oxygen atoms in total. The Hall–Kier alpha value is -2.19. The molecule has 150 valence electrons. The van der Waals surface area contributed by atoms with Gasteiger partial charge in [-0.25, -0.2) is 0 Å². The SMILES string of the molecule is COc1cc(C(=O)NNC(=O)CSc2ccc(Br)cc2C)ccc1OC(C)C. The maximum absolute atomic E-state index is 12.3. The standard InChI is InChI=1S/C20H23BrN2O4S/c1-12(2)27-16-7-5-14(10-17(16)26-4)20(25)23-22-19(24)11-28-18-8-6-15(21)9-13(18)3/h5-10,12H,11H2,1-4H3,(H,22,24)(H,23,25). The Labute approximate surface area is 177 Å². The van der Waals surface area contributed by atoms with Crippen molar-refractivity contribution in [1.29, 1.82) is 0 Å². The first kappa shape index (κ1) is 22.1. The maximum Gasteiger partial charge on any atom is 0.269 e. The monoisotopic (exact) mass is 466 g/mol. The molecule has 0 radical (unpaired) electrons. The zero-order chi connectivity index (χ0) is 20.7. The number of halogens is 1. The van der Waals surface area contributed by atoms with Crippen LogP contribution < -0.4 is 20.3 Å². The first-order valence-electron chi connectivity index (χ1n) is 8.63. The number of hydrogen-bond acceptors (Lipinski definition) is 5. The summed E-state index contributed by atoms with van der Waals surface area (Å²) < 4.78 is 11.9. The van der Waals surface area contributed by atoms with E-state index >= 15 is 0 Å². The number of rotatable bonds is 7. The van der Waals surface area contributed by atoms with Gasteiger partial charge in [0.1, 0.15) is 0 Å². The molecule has 0 aliphatic carbocycles. The van der Waals surface area contributed by atoms with Gasteiger partial charge in [0.15, 0.2) is 11.5 Å². The van der Waals surface area contributed by atoms with Crippen molar-refractivity contribution in [1.82, 2.24) is 10.9 Å². The van der Waals surface area contributed by atoms with Gasteiger partial charge in [0, 0.05) is 14.9 Å². The number of ether oxygens (including phenoxy) is 2. The Balaban J connectivity index is 1.89. The fraction of sp³-hybridized carbons (Fsp3) is 0.300. The zero-order valence-corrected chi connectivity index (χ0v) is 18.6. The molecule has 2 rings (SSSR count). The van der Waals surface area contributed by atoms with Crippen LogP contribution in [0.15, 0.2) is 45.8 Å². The molecule has 8 heteroatoms. The van der Waals surface area contributed by atoms with Crippen LogP contribution in [0, 0.1) is 6.92 Å². The van der Waals surface area contributed by atoms with Crippen LogP contribution in [-0.2, 0) is 4.79 Å². The van der Waals surface area contributed by atoms with Gasteiger partial charge in [-0.1, -0.05) is 15.9 Å². The Morgan fingerprint density at radius 3 is 2.50 bits per heavy atom. The van der Waals surface area contributed by atoms with E-state index in [2.05, 4.69) is 26.8 Å². The van der Waals surface area contributed by atoms with Gasteiger partial charge in [-0.2, -0.15) is 0 Å². The molecule has 0 bridgehead atoms. The van der Waals surface area contributed by atoms with Crippen LogP contribution in [-0.4, -0.2) is 30.8 Å². The summed E-state index contributed by atoms with van der Waals surface area (Å²) in [5, 5.41) is 0. The van der Waals surface area contributed by atoms with Crippen molar-refractivity contribution in [3.8, 4) is 11.5 Å². The number of carbonyl (C=O) groups excluding carboxylic acids is 2. The minimum absolute atomic E-state index is 0.0141. The number of hydrazine groups is 1. The molecular weight excluding hydrogens is 444 g/mol. The van der Waals surface area contributed by atoms with Crippen molar-refractivity contribution in [3.05, 3.63) is 52.0 Å². The van der Waals surface area contributed by atoms with Crippen LogP contribution in [0.2, 0.25) is 0 Å². The van der Waals surface area contributed by atoms with E-state index in [1.807, 2.05) is 39.0 Å². The Kier molecular flexibility index (Phi) is 8.19. The molecule has 2 amide bonds. The second-order valence-electron chi connectivity index (χ2n) is 6.23. The summed E-state index contributed by atoms with van der Waals surface area (Å²) in [5.74, 6) is 0.459. The summed E-state index contributed by atoms with van der Waals surface area (Å²) in [5.41, 5.74) is 6.27. The van der Waals surface area contributed by atoms with Crippen molar-refractivity contribution in [2.24, 2.45) is 0 Å². The number of hydrogen-bond donors (Lipinski definition) is 2. The van der Waals surface area contributed by atoms with Gasteiger partial charge in [-0.3, -0.25) is 20.4 Å². The van der Waals surface area contributed by atoms with Gasteiger partial charge >= 0.3 is 0 Å². The number of aryl methyl sites for hydroxylation is 1. The van der Waals surface area contributed by atoms with E-state index in [9.17, 15) is 9.59 Å². The van der Waals surface area contributed by atoms with Crippen LogP contribution in [0.1, 0.15) is 29.8 Å². The number of thioether (sulfide) groups is 1. The predicted molar refractivity (Wildman–Crippen MR) is 114 cm³/mol. The highest BCUT2D eigenvalue weighted by atomic mass is 79.9.